The van der Waals surface area contributed by atoms with E-state index in [0.29, 0.717) is 40.3 Å². The molecule has 9 nitrogen and oxygen atoms in total. The minimum atomic E-state index is -4.21. The van der Waals surface area contributed by atoms with Gasteiger partial charge in [0, 0.05) is 18.7 Å². The van der Waals surface area contributed by atoms with Crippen LogP contribution in [0.1, 0.15) is 44.6 Å². The highest BCUT2D eigenvalue weighted by molar-refractivity contribution is 7.92. The van der Waals surface area contributed by atoms with Gasteiger partial charge in [-0.25, -0.2) is 8.42 Å². The maximum Gasteiger partial charge on any atom is 0.264 e. The average Bonchev–Trinajstić information content (AvgIpc) is 3.04. The zero-order valence-electron chi connectivity index (χ0n) is 24.4. The van der Waals surface area contributed by atoms with Gasteiger partial charge in [-0.15, -0.1) is 0 Å². The fourth-order valence-electron chi connectivity index (χ4n) is 5.42. The highest BCUT2D eigenvalue weighted by atomic mass is 35.5. The Balaban J connectivity index is 1.49. The predicted molar refractivity (Wildman–Crippen MR) is 170 cm³/mol. The molecule has 1 unspecified atom stereocenters. The van der Waals surface area contributed by atoms with Gasteiger partial charge < -0.3 is 19.7 Å². The standard InChI is InChI=1S/C32H35Cl2N3O6S/c1-22(32(39)35-24-8-4-2-5-9-24)36(20-23-12-14-27(33)28(34)18-23)31(38)21-37(44(40,41)26-10-6-3-7-11-26)25-13-15-29-30(19-25)43-17-16-42-29/h3,6-7,10-15,18-19,22,24H,2,4-5,8-9,16-17,20-21H2,1H3,(H,35,39). The van der Waals surface area contributed by atoms with Gasteiger partial charge in [-0.05, 0) is 61.7 Å². The Bertz CT molecular complexity index is 1600. The summed E-state index contributed by atoms with van der Waals surface area (Å²) in [6.45, 7) is 1.77. The molecule has 1 N–H and O–H groups in total. The van der Waals surface area contributed by atoms with E-state index in [-0.39, 0.29) is 29.1 Å². The number of nitrogens with one attached hydrogen (secondary N) is 1. The molecule has 3 aromatic carbocycles. The summed E-state index contributed by atoms with van der Waals surface area (Å²) >= 11 is 12.4. The zero-order chi connectivity index (χ0) is 31.3. The minimum Gasteiger partial charge on any atom is -0.486 e. The van der Waals surface area contributed by atoms with Crippen molar-refractivity contribution in [3.63, 3.8) is 0 Å². The molecule has 234 valence electrons. The molecule has 1 aliphatic carbocycles. The van der Waals surface area contributed by atoms with Crippen LogP contribution >= 0.6 is 23.2 Å². The summed E-state index contributed by atoms with van der Waals surface area (Å²) in [5, 5.41) is 3.76. The lowest BCUT2D eigenvalue weighted by Crippen LogP contribution is -2.53. The molecule has 5 rings (SSSR count). The Kier molecular flexibility index (Phi) is 10.2. The second-order valence-electron chi connectivity index (χ2n) is 10.9. The monoisotopic (exact) mass is 659 g/mol. The van der Waals surface area contributed by atoms with Crippen molar-refractivity contribution in [2.75, 3.05) is 24.1 Å². The quantitative estimate of drug-likeness (QED) is 0.294. The van der Waals surface area contributed by atoms with Crippen molar-refractivity contribution in [3.8, 4) is 11.5 Å². The normalized spacial score (nSPS) is 15.7. The van der Waals surface area contributed by atoms with E-state index in [1.807, 2.05) is 0 Å². The maximum absolute atomic E-state index is 14.2. The molecule has 3 aromatic rings. The number of hydrogen-bond donors (Lipinski definition) is 1. The number of ether oxygens (including phenoxy) is 2. The lowest BCUT2D eigenvalue weighted by molar-refractivity contribution is -0.139. The molecule has 12 heteroatoms. The van der Waals surface area contributed by atoms with Gasteiger partial charge in [-0.1, -0.05) is 66.7 Å². The van der Waals surface area contributed by atoms with Crippen LogP contribution in [0.4, 0.5) is 5.69 Å². The smallest absolute Gasteiger partial charge is 0.264 e. The van der Waals surface area contributed by atoms with Crippen LogP contribution in [-0.2, 0) is 26.2 Å². The van der Waals surface area contributed by atoms with Crippen molar-refractivity contribution in [1.29, 1.82) is 0 Å². The molecule has 1 heterocycles. The molecule has 0 radical (unpaired) electrons. The Hall–Kier alpha value is -3.47. The van der Waals surface area contributed by atoms with Crippen molar-refractivity contribution in [2.45, 2.75) is 62.6 Å². The Morgan fingerprint density at radius 2 is 1.61 bits per heavy atom. The fourth-order valence-corrected chi connectivity index (χ4v) is 7.17. The number of sulfonamides is 1. The number of carbonyl (C=O) groups is 2. The van der Waals surface area contributed by atoms with Crippen LogP contribution in [0.15, 0.2) is 71.6 Å². The van der Waals surface area contributed by atoms with Gasteiger partial charge in [0.2, 0.25) is 11.8 Å². The third kappa shape index (κ3) is 7.42. The Morgan fingerprint density at radius 3 is 2.32 bits per heavy atom. The molecule has 0 aromatic heterocycles. The van der Waals surface area contributed by atoms with Gasteiger partial charge in [0.25, 0.3) is 10.0 Å². The van der Waals surface area contributed by atoms with E-state index in [1.54, 1.807) is 61.5 Å². The molecule has 1 fully saturated rings. The van der Waals surface area contributed by atoms with Gasteiger partial charge in [-0.2, -0.15) is 0 Å². The summed E-state index contributed by atoms with van der Waals surface area (Å²) in [7, 11) is -4.21. The van der Waals surface area contributed by atoms with E-state index < -0.39 is 28.5 Å². The highest BCUT2D eigenvalue weighted by Crippen LogP contribution is 2.36. The topological polar surface area (TPSA) is 105 Å². The molecule has 1 atom stereocenters. The molecule has 2 aliphatic rings. The first-order valence-electron chi connectivity index (χ1n) is 14.6. The van der Waals surface area contributed by atoms with E-state index in [4.69, 9.17) is 32.7 Å². The Labute approximate surface area is 268 Å². The van der Waals surface area contributed by atoms with Crippen molar-refractivity contribution >= 4 is 50.7 Å². The summed E-state index contributed by atoms with van der Waals surface area (Å²) < 4.78 is 40.4. The second-order valence-corrected chi connectivity index (χ2v) is 13.6. The number of fused-ring (bicyclic) bond motifs is 1. The van der Waals surface area contributed by atoms with Gasteiger partial charge in [0.05, 0.1) is 20.6 Å². The summed E-state index contributed by atoms with van der Waals surface area (Å²) in [6.07, 6.45) is 4.97. The van der Waals surface area contributed by atoms with Gasteiger partial charge in [0.15, 0.2) is 11.5 Å². The van der Waals surface area contributed by atoms with Gasteiger partial charge in [-0.3, -0.25) is 13.9 Å². The van der Waals surface area contributed by atoms with Crippen molar-refractivity contribution in [3.05, 3.63) is 82.3 Å². The van der Waals surface area contributed by atoms with Crippen LogP contribution in [-0.4, -0.2) is 57.0 Å². The van der Waals surface area contributed by atoms with E-state index in [1.165, 1.54) is 17.0 Å². The predicted octanol–water partition coefficient (Wildman–Crippen LogP) is 5.83. The van der Waals surface area contributed by atoms with Crippen molar-refractivity contribution < 1.29 is 27.5 Å². The van der Waals surface area contributed by atoms with E-state index in [0.717, 1.165) is 36.4 Å². The van der Waals surface area contributed by atoms with Crippen LogP contribution in [0, 0.1) is 0 Å². The first kappa shape index (κ1) is 31.9. The van der Waals surface area contributed by atoms with Crippen LogP contribution in [0.2, 0.25) is 10.0 Å². The molecule has 2 amide bonds. The van der Waals surface area contributed by atoms with Crippen LogP contribution in [0.25, 0.3) is 0 Å². The molecule has 0 bridgehead atoms. The molecule has 1 aliphatic heterocycles. The van der Waals surface area contributed by atoms with E-state index in [2.05, 4.69) is 5.32 Å². The summed E-state index contributed by atoms with van der Waals surface area (Å²) in [5.74, 6) is -0.0149. The van der Waals surface area contributed by atoms with E-state index >= 15 is 0 Å². The third-order valence-electron chi connectivity index (χ3n) is 7.88. The number of benzene rings is 3. The number of rotatable bonds is 10. The SMILES string of the molecule is CC(C(=O)NC1CCCCC1)N(Cc1ccc(Cl)c(Cl)c1)C(=O)CN(c1ccc2c(c1)OCCO2)S(=O)(=O)c1ccccc1. The molecular formula is C32H35Cl2N3O6S. The molecule has 0 saturated heterocycles. The first-order valence-corrected chi connectivity index (χ1v) is 16.8. The summed E-state index contributed by atoms with van der Waals surface area (Å²) in [4.78, 5) is 29.1. The number of hydrogen-bond acceptors (Lipinski definition) is 6. The number of halogens is 2. The second kappa shape index (κ2) is 14.1. The fraction of sp³-hybridized carbons (Fsp3) is 0.375. The number of carbonyl (C=O) groups excluding carboxylic acids is 2. The molecule has 44 heavy (non-hydrogen) atoms. The summed E-state index contributed by atoms with van der Waals surface area (Å²) in [5.41, 5.74) is 0.863. The maximum atomic E-state index is 14.2. The lowest BCUT2D eigenvalue weighted by Gasteiger charge is -2.33. The minimum absolute atomic E-state index is 0.00926. The third-order valence-corrected chi connectivity index (χ3v) is 10.4. The van der Waals surface area contributed by atoms with Gasteiger partial charge in [0.1, 0.15) is 25.8 Å². The number of anilines is 1. The van der Waals surface area contributed by atoms with Crippen molar-refractivity contribution in [1.82, 2.24) is 10.2 Å². The van der Waals surface area contributed by atoms with Crippen LogP contribution in [0.3, 0.4) is 0 Å². The largest absolute Gasteiger partial charge is 0.486 e. The number of nitrogens with zero attached hydrogens (tertiary/aromatic N) is 2. The van der Waals surface area contributed by atoms with Crippen LogP contribution in [0.5, 0.6) is 11.5 Å². The number of amides is 2. The Morgan fingerprint density at radius 1 is 0.909 bits per heavy atom. The average molecular weight is 661 g/mol. The van der Waals surface area contributed by atoms with E-state index in [9.17, 15) is 18.0 Å². The zero-order valence-corrected chi connectivity index (χ0v) is 26.7. The first-order chi connectivity index (χ1) is 21.1. The summed E-state index contributed by atoms with van der Waals surface area (Å²) in [6, 6.07) is 16.7. The molecule has 0 spiro atoms. The van der Waals surface area contributed by atoms with Crippen LogP contribution < -0.4 is 19.1 Å². The van der Waals surface area contributed by atoms with Crippen molar-refractivity contribution in [2.24, 2.45) is 0 Å². The van der Waals surface area contributed by atoms with Gasteiger partial charge >= 0.3 is 0 Å². The molecule has 1 saturated carbocycles. The lowest BCUT2D eigenvalue weighted by atomic mass is 9.95. The highest BCUT2D eigenvalue weighted by Gasteiger charge is 2.34. The molecular weight excluding hydrogens is 625 g/mol.